The number of aromatic nitrogens is 2. The molecule has 0 aliphatic carbocycles. The molecule has 4 aromatic rings. The largest absolute Gasteiger partial charge is 0.497 e. The second kappa shape index (κ2) is 8.39. The van der Waals surface area contributed by atoms with E-state index in [0.29, 0.717) is 17.4 Å². The molecule has 0 aliphatic heterocycles. The molecular weight excluding hydrogens is 366 g/mol. The van der Waals surface area contributed by atoms with Crippen LogP contribution < -0.4 is 10.1 Å². The van der Waals surface area contributed by atoms with Gasteiger partial charge in [0.2, 0.25) is 11.7 Å². The predicted octanol–water partition coefficient (Wildman–Crippen LogP) is 4.59. The third kappa shape index (κ3) is 4.50. The molecule has 0 saturated heterocycles. The van der Waals surface area contributed by atoms with Crippen LogP contribution in [0.25, 0.3) is 22.8 Å². The van der Waals surface area contributed by atoms with E-state index < -0.39 is 0 Å². The van der Waals surface area contributed by atoms with Gasteiger partial charge in [-0.25, -0.2) is 0 Å². The zero-order valence-corrected chi connectivity index (χ0v) is 15.8. The highest BCUT2D eigenvalue weighted by Crippen LogP contribution is 2.23. The Hall–Kier alpha value is -3.93. The highest BCUT2D eigenvalue weighted by Gasteiger charge is 2.11. The fourth-order valence-corrected chi connectivity index (χ4v) is 2.88. The zero-order valence-electron chi connectivity index (χ0n) is 15.8. The minimum atomic E-state index is -0.0907. The van der Waals surface area contributed by atoms with Gasteiger partial charge in [-0.1, -0.05) is 47.6 Å². The van der Waals surface area contributed by atoms with E-state index in [1.807, 2.05) is 78.9 Å². The third-order valence-electron chi connectivity index (χ3n) is 4.40. The molecule has 1 heterocycles. The molecule has 0 saturated carbocycles. The van der Waals surface area contributed by atoms with Crippen LogP contribution in [0.2, 0.25) is 0 Å². The van der Waals surface area contributed by atoms with E-state index in [4.69, 9.17) is 9.26 Å². The standard InChI is InChI=1S/C23H19N3O3/c1-28-20-13-7-16(8-14-20)15-21(27)24-19-11-9-18(10-12-19)23-25-22(26-29-23)17-5-3-2-4-6-17/h2-14H,15H2,1H3,(H,24,27). The lowest BCUT2D eigenvalue weighted by molar-refractivity contribution is -0.115. The molecule has 0 aliphatic rings. The third-order valence-corrected chi connectivity index (χ3v) is 4.40. The number of carbonyl (C=O) groups excluding carboxylic acids is 1. The Morgan fingerprint density at radius 3 is 2.34 bits per heavy atom. The lowest BCUT2D eigenvalue weighted by Crippen LogP contribution is -2.14. The number of amides is 1. The fourth-order valence-electron chi connectivity index (χ4n) is 2.88. The fraction of sp³-hybridized carbons (Fsp3) is 0.0870. The summed E-state index contributed by atoms with van der Waals surface area (Å²) in [7, 11) is 1.61. The van der Waals surface area contributed by atoms with Crippen LogP contribution in [0.15, 0.2) is 83.4 Å². The first-order valence-corrected chi connectivity index (χ1v) is 9.13. The van der Waals surface area contributed by atoms with Crippen molar-refractivity contribution in [2.45, 2.75) is 6.42 Å². The van der Waals surface area contributed by atoms with Crippen molar-refractivity contribution < 1.29 is 14.1 Å². The summed E-state index contributed by atoms with van der Waals surface area (Å²) in [6, 6.07) is 24.4. The van der Waals surface area contributed by atoms with Crippen molar-refractivity contribution in [2.24, 2.45) is 0 Å². The molecule has 0 bridgehead atoms. The van der Waals surface area contributed by atoms with E-state index in [2.05, 4.69) is 15.5 Å². The molecule has 0 atom stereocenters. The number of methoxy groups -OCH3 is 1. The Labute approximate surface area is 168 Å². The molecule has 1 aromatic heterocycles. The van der Waals surface area contributed by atoms with E-state index >= 15 is 0 Å². The van der Waals surface area contributed by atoms with E-state index in [1.165, 1.54) is 0 Å². The molecule has 6 heteroatoms. The monoisotopic (exact) mass is 385 g/mol. The smallest absolute Gasteiger partial charge is 0.258 e. The van der Waals surface area contributed by atoms with Gasteiger partial charge in [0.05, 0.1) is 13.5 Å². The van der Waals surface area contributed by atoms with Crippen LogP contribution in [0.3, 0.4) is 0 Å². The number of carbonyl (C=O) groups is 1. The van der Waals surface area contributed by atoms with Gasteiger partial charge in [-0.15, -0.1) is 0 Å². The number of hydrogen-bond acceptors (Lipinski definition) is 5. The van der Waals surface area contributed by atoms with E-state index in [-0.39, 0.29) is 12.3 Å². The van der Waals surface area contributed by atoms with Crippen molar-refractivity contribution in [3.63, 3.8) is 0 Å². The highest BCUT2D eigenvalue weighted by atomic mass is 16.5. The van der Waals surface area contributed by atoms with Gasteiger partial charge in [-0.2, -0.15) is 4.98 Å². The maximum atomic E-state index is 12.3. The average molecular weight is 385 g/mol. The Balaban J connectivity index is 1.40. The van der Waals surface area contributed by atoms with Crippen LogP contribution in [-0.4, -0.2) is 23.2 Å². The van der Waals surface area contributed by atoms with Crippen LogP contribution in [-0.2, 0) is 11.2 Å². The first-order valence-electron chi connectivity index (χ1n) is 9.13. The molecule has 3 aromatic carbocycles. The van der Waals surface area contributed by atoms with Crippen molar-refractivity contribution in [3.8, 4) is 28.6 Å². The summed E-state index contributed by atoms with van der Waals surface area (Å²) >= 11 is 0. The van der Waals surface area contributed by atoms with Gasteiger partial charge in [0, 0.05) is 16.8 Å². The van der Waals surface area contributed by atoms with Gasteiger partial charge in [0.1, 0.15) is 5.75 Å². The van der Waals surface area contributed by atoms with Gasteiger partial charge in [0.25, 0.3) is 5.89 Å². The lowest BCUT2D eigenvalue weighted by atomic mass is 10.1. The first-order chi connectivity index (χ1) is 14.2. The quantitative estimate of drug-likeness (QED) is 0.525. The summed E-state index contributed by atoms with van der Waals surface area (Å²) in [6.45, 7) is 0. The summed E-state index contributed by atoms with van der Waals surface area (Å²) < 4.78 is 10.5. The van der Waals surface area contributed by atoms with Crippen LogP contribution in [0, 0.1) is 0 Å². The molecule has 29 heavy (non-hydrogen) atoms. The van der Waals surface area contributed by atoms with Crippen molar-refractivity contribution in [3.05, 3.63) is 84.4 Å². The van der Waals surface area contributed by atoms with Crippen molar-refractivity contribution in [1.82, 2.24) is 10.1 Å². The Bertz CT molecular complexity index is 1090. The van der Waals surface area contributed by atoms with Gasteiger partial charge in [-0.3, -0.25) is 4.79 Å². The van der Waals surface area contributed by atoms with Crippen molar-refractivity contribution in [1.29, 1.82) is 0 Å². The number of nitrogens with one attached hydrogen (secondary N) is 1. The minimum absolute atomic E-state index is 0.0907. The zero-order chi connectivity index (χ0) is 20.1. The normalized spacial score (nSPS) is 10.5. The number of anilines is 1. The van der Waals surface area contributed by atoms with Gasteiger partial charge < -0.3 is 14.6 Å². The summed E-state index contributed by atoms with van der Waals surface area (Å²) in [6.07, 6.45) is 0.288. The molecular formula is C23H19N3O3. The Morgan fingerprint density at radius 1 is 0.931 bits per heavy atom. The van der Waals surface area contributed by atoms with E-state index in [9.17, 15) is 4.79 Å². The van der Waals surface area contributed by atoms with E-state index in [1.54, 1.807) is 7.11 Å². The van der Waals surface area contributed by atoms with Crippen molar-refractivity contribution in [2.75, 3.05) is 12.4 Å². The number of ether oxygens (including phenoxy) is 1. The maximum absolute atomic E-state index is 12.3. The second-order valence-electron chi connectivity index (χ2n) is 6.44. The summed E-state index contributed by atoms with van der Waals surface area (Å²) in [5.41, 5.74) is 3.30. The number of hydrogen-bond donors (Lipinski definition) is 1. The SMILES string of the molecule is COc1ccc(CC(=O)Nc2ccc(-c3nc(-c4ccccc4)no3)cc2)cc1. The molecule has 4 rings (SSSR count). The molecule has 144 valence electrons. The number of rotatable bonds is 6. The molecule has 1 amide bonds. The van der Waals surface area contributed by atoms with Crippen molar-refractivity contribution >= 4 is 11.6 Å². The maximum Gasteiger partial charge on any atom is 0.258 e. The van der Waals surface area contributed by atoms with E-state index in [0.717, 1.165) is 22.4 Å². The Kier molecular flexibility index (Phi) is 5.33. The van der Waals surface area contributed by atoms with Gasteiger partial charge in [0.15, 0.2) is 0 Å². The minimum Gasteiger partial charge on any atom is -0.497 e. The molecule has 1 N–H and O–H groups in total. The van der Waals surface area contributed by atoms with Crippen LogP contribution in [0.4, 0.5) is 5.69 Å². The van der Waals surface area contributed by atoms with Gasteiger partial charge >= 0.3 is 0 Å². The summed E-state index contributed by atoms with van der Waals surface area (Å²) in [5.74, 6) is 1.64. The number of benzene rings is 3. The molecule has 0 unspecified atom stereocenters. The topological polar surface area (TPSA) is 77.2 Å². The second-order valence-corrected chi connectivity index (χ2v) is 6.44. The molecule has 0 radical (unpaired) electrons. The average Bonchev–Trinajstić information content (AvgIpc) is 3.26. The van der Waals surface area contributed by atoms with Gasteiger partial charge in [-0.05, 0) is 42.0 Å². The molecule has 0 spiro atoms. The van der Waals surface area contributed by atoms with Crippen LogP contribution >= 0.6 is 0 Å². The van der Waals surface area contributed by atoms with Crippen LogP contribution in [0.1, 0.15) is 5.56 Å². The number of nitrogens with zero attached hydrogens (tertiary/aromatic N) is 2. The summed E-state index contributed by atoms with van der Waals surface area (Å²) in [4.78, 5) is 16.7. The molecule has 0 fully saturated rings. The Morgan fingerprint density at radius 2 is 1.66 bits per heavy atom. The summed E-state index contributed by atoms with van der Waals surface area (Å²) in [5, 5.41) is 6.92. The lowest BCUT2D eigenvalue weighted by Gasteiger charge is -2.06. The molecule has 6 nitrogen and oxygen atoms in total. The predicted molar refractivity (Wildman–Crippen MR) is 110 cm³/mol. The highest BCUT2D eigenvalue weighted by molar-refractivity contribution is 5.92. The van der Waals surface area contributed by atoms with Crippen LogP contribution in [0.5, 0.6) is 5.75 Å². The first kappa shape index (κ1) is 18.4.